The molecule has 6 heteroatoms. The van der Waals surface area contributed by atoms with Gasteiger partial charge in [-0.2, -0.15) is 0 Å². The van der Waals surface area contributed by atoms with E-state index in [2.05, 4.69) is 15.3 Å². The van der Waals surface area contributed by atoms with Gasteiger partial charge in [-0.05, 0) is 38.8 Å². The molecule has 1 atom stereocenters. The van der Waals surface area contributed by atoms with Crippen molar-refractivity contribution in [2.45, 2.75) is 46.3 Å². The molecule has 1 amide bonds. The minimum Gasteiger partial charge on any atom is -0.459 e. The van der Waals surface area contributed by atoms with Gasteiger partial charge in [-0.1, -0.05) is 13.8 Å². The molecular weight excluding hydrogens is 282 g/mol. The number of rotatable bonds is 4. The molecule has 2 heterocycles. The third kappa shape index (κ3) is 2.86. The number of nitrogens with one attached hydrogen (secondary N) is 1. The van der Waals surface area contributed by atoms with Crippen LogP contribution < -0.4 is 5.32 Å². The van der Waals surface area contributed by atoms with E-state index in [1.54, 1.807) is 39.1 Å². The third-order valence-corrected chi connectivity index (χ3v) is 3.75. The van der Waals surface area contributed by atoms with Gasteiger partial charge < -0.3 is 10.1 Å². The highest BCUT2D eigenvalue weighted by Gasteiger charge is 2.43. The SMILES string of the molecule is CC(C)OC(=O)c1cccnc1C1=NC(C)(C(C)C)C(=O)N1. The molecule has 1 aromatic heterocycles. The summed E-state index contributed by atoms with van der Waals surface area (Å²) in [4.78, 5) is 33.1. The molecule has 0 fully saturated rings. The van der Waals surface area contributed by atoms with Crippen LogP contribution in [0.3, 0.4) is 0 Å². The molecule has 0 bridgehead atoms. The molecule has 1 aliphatic rings. The second-order valence-electron chi connectivity index (χ2n) is 6.07. The van der Waals surface area contributed by atoms with E-state index >= 15 is 0 Å². The van der Waals surface area contributed by atoms with Gasteiger partial charge in [0.25, 0.3) is 5.91 Å². The fourth-order valence-corrected chi connectivity index (χ4v) is 2.08. The predicted molar refractivity (Wildman–Crippen MR) is 82.7 cm³/mol. The number of amidine groups is 1. The van der Waals surface area contributed by atoms with Gasteiger partial charge in [0, 0.05) is 6.20 Å². The fourth-order valence-electron chi connectivity index (χ4n) is 2.08. The minimum atomic E-state index is -0.855. The largest absolute Gasteiger partial charge is 0.459 e. The molecule has 0 aliphatic carbocycles. The summed E-state index contributed by atoms with van der Waals surface area (Å²) in [6.45, 7) is 9.18. The molecule has 0 aromatic carbocycles. The summed E-state index contributed by atoms with van der Waals surface area (Å²) < 4.78 is 5.22. The Morgan fingerprint density at radius 3 is 2.55 bits per heavy atom. The minimum absolute atomic E-state index is 0.0276. The third-order valence-electron chi connectivity index (χ3n) is 3.75. The summed E-state index contributed by atoms with van der Waals surface area (Å²) in [6, 6.07) is 3.27. The zero-order chi connectivity index (χ0) is 16.5. The highest BCUT2D eigenvalue weighted by molar-refractivity contribution is 6.17. The van der Waals surface area contributed by atoms with Crippen LogP contribution in [0.15, 0.2) is 23.3 Å². The molecule has 0 spiro atoms. The van der Waals surface area contributed by atoms with E-state index in [9.17, 15) is 9.59 Å². The van der Waals surface area contributed by atoms with Crippen molar-refractivity contribution in [1.82, 2.24) is 10.3 Å². The first-order chi connectivity index (χ1) is 10.3. The Hall–Kier alpha value is -2.24. The van der Waals surface area contributed by atoms with Gasteiger partial charge in [0.2, 0.25) is 0 Å². The molecule has 6 nitrogen and oxygen atoms in total. The number of nitrogens with zero attached hydrogens (tertiary/aromatic N) is 2. The van der Waals surface area contributed by atoms with Crippen LogP contribution in [-0.2, 0) is 9.53 Å². The van der Waals surface area contributed by atoms with E-state index in [0.29, 0.717) is 17.1 Å². The summed E-state index contributed by atoms with van der Waals surface area (Å²) in [5.41, 5.74) is -0.222. The number of hydrogen-bond acceptors (Lipinski definition) is 5. The van der Waals surface area contributed by atoms with Crippen LogP contribution in [0.5, 0.6) is 0 Å². The summed E-state index contributed by atoms with van der Waals surface area (Å²) in [5.74, 6) is -0.322. The van der Waals surface area contributed by atoms with E-state index in [-0.39, 0.29) is 17.9 Å². The second-order valence-corrected chi connectivity index (χ2v) is 6.07. The molecule has 0 saturated carbocycles. The highest BCUT2D eigenvalue weighted by atomic mass is 16.5. The topological polar surface area (TPSA) is 80.7 Å². The molecule has 0 saturated heterocycles. The number of carbonyl (C=O) groups excluding carboxylic acids is 2. The van der Waals surface area contributed by atoms with Crippen LogP contribution in [0.2, 0.25) is 0 Å². The maximum atomic E-state index is 12.2. The Kier molecular flexibility index (Phi) is 4.30. The van der Waals surface area contributed by atoms with Crippen molar-refractivity contribution in [3.63, 3.8) is 0 Å². The lowest BCUT2D eigenvalue weighted by Crippen LogP contribution is -2.41. The van der Waals surface area contributed by atoms with E-state index in [4.69, 9.17) is 4.74 Å². The van der Waals surface area contributed by atoms with Gasteiger partial charge in [0.15, 0.2) is 5.84 Å². The Morgan fingerprint density at radius 1 is 1.32 bits per heavy atom. The summed E-state index contributed by atoms with van der Waals surface area (Å²) in [6.07, 6.45) is 1.32. The number of esters is 1. The van der Waals surface area contributed by atoms with E-state index in [1.807, 2.05) is 13.8 Å². The molecule has 1 N–H and O–H groups in total. The van der Waals surface area contributed by atoms with Crippen LogP contribution in [-0.4, -0.2) is 34.3 Å². The van der Waals surface area contributed by atoms with Gasteiger partial charge in [0.1, 0.15) is 11.2 Å². The van der Waals surface area contributed by atoms with Gasteiger partial charge in [-0.15, -0.1) is 0 Å². The van der Waals surface area contributed by atoms with Crippen LogP contribution in [0, 0.1) is 5.92 Å². The maximum Gasteiger partial charge on any atom is 0.340 e. The number of hydrogen-bond donors (Lipinski definition) is 1. The lowest BCUT2D eigenvalue weighted by Gasteiger charge is -2.21. The van der Waals surface area contributed by atoms with Crippen LogP contribution in [0.4, 0.5) is 0 Å². The lowest BCUT2D eigenvalue weighted by atomic mass is 9.89. The lowest BCUT2D eigenvalue weighted by molar-refractivity contribution is -0.124. The first kappa shape index (κ1) is 16.1. The molecule has 118 valence electrons. The fraction of sp³-hybridized carbons (Fsp3) is 0.500. The van der Waals surface area contributed by atoms with Crippen LogP contribution >= 0.6 is 0 Å². The van der Waals surface area contributed by atoms with Crippen molar-refractivity contribution in [1.29, 1.82) is 0 Å². The molecule has 2 rings (SSSR count). The summed E-state index contributed by atoms with van der Waals surface area (Å²) in [5, 5.41) is 2.73. The van der Waals surface area contributed by atoms with Gasteiger partial charge in [-0.25, -0.2) is 9.79 Å². The number of carbonyl (C=O) groups is 2. The number of aliphatic imine (C=N–C) groups is 1. The summed E-state index contributed by atoms with van der Waals surface area (Å²) >= 11 is 0. The molecule has 1 aliphatic heterocycles. The Balaban J connectivity index is 2.43. The predicted octanol–water partition coefficient (Wildman–Crippen LogP) is 1.94. The van der Waals surface area contributed by atoms with Crippen molar-refractivity contribution < 1.29 is 14.3 Å². The first-order valence-corrected chi connectivity index (χ1v) is 7.33. The van der Waals surface area contributed by atoms with Gasteiger partial charge >= 0.3 is 5.97 Å². The number of pyridine rings is 1. The molecule has 1 aromatic rings. The van der Waals surface area contributed by atoms with Crippen molar-refractivity contribution >= 4 is 17.7 Å². The zero-order valence-electron chi connectivity index (χ0n) is 13.5. The van der Waals surface area contributed by atoms with E-state index in [0.717, 1.165) is 0 Å². The van der Waals surface area contributed by atoms with Crippen molar-refractivity contribution in [2.75, 3.05) is 0 Å². The average Bonchev–Trinajstić information content (AvgIpc) is 2.75. The number of ether oxygens (including phenoxy) is 1. The Bertz CT molecular complexity index is 637. The zero-order valence-corrected chi connectivity index (χ0v) is 13.5. The Labute approximate surface area is 130 Å². The highest BCUT2D eigenvalue weighted by Crippen LogP contribution is 2.27. The van der Waals surface area contributed by atoms with Crippen molar-refractivity contribution in [2.24, 2.45) is 10.9 Å². The van der Waals surface area contributed by atoms with E-state index < -0.39 is 11.5 Å². The first-order valence-electron chi connectivity index (χ1n) is 7.33. The van der Waals surface area contributed by atoms with Crippen LogP contribution in [0.25, 0.3) is 0 Å². The van der Waals surface area contributed by atoms with Gasteiger partial charge in [-0.3, -0.25) is 9.78 Å². The number of aromatic nitrogens is 1. The van der Waals surface area contributed by atoms with Crippen LogP contribution in [0.1, 0.15) is 50.7 Å². The van der Waals surface area contributed by atoms with Crippen molar-refractivity contribution in [3.8, 4) is 0 Å². The molecule has 0 radical (unpaired) electrons. The quantitative estimate of drug-likeness (QED) is 0.862. The normalized spacial score (nSPS) is 21.0. The summed E-state index contributed by atoms with van der Waals surface area (Å²) in [7, 11) is 0. The molecule has 22 heavy (non-hydrogen) atoms. The number of amides is 1. The monoisotopic (exact) mass is 303 g/mol. The smallest absolute Gasteiger partial charge is 0.340 e. The second kappa shape index (κ2) is 5.87. The molecular formula is C16H21N3O3. The average molecular weight is 303 g/mol. The maximum absolute atomic E-state index is 12.2. The van der Waals surface area contributed by atoms with Gasteiger partial charge in [0.05, 0.1) is 11.7 Å². The standard InChI is InChI=1S/C16H21N3O3/c1-9(2)16(5)15(21)18-13(19-16)12-11(7-6-8-17-12)14(20)22-10(3)4/h6-10H,1-5H3,(H,18,19,21). The molecule has 1 unspecified atom stereocenters. The Morgan fingerprint density at radius 2 is 2.00 bits per heavy atom. The van der Waals surface area contributed by atoms with Crippen molar-refractivity contribution in [3.05, 3.63) is 29.6 Å². The van der Waals surface area contributed by atoms with E-state index in [1.165, 1.54) is 0 Å².